The van der Waals surface area contributed by atoms with Crippen LogP contribution in [0.3, 0.4) is 0 Å². The van der Waals surface area contributed by atoms with Crippen LogP contribution in [0.1, 0.15) is 11.1 Å². The molecule has 1 aliphatic carbocycles. The molecular formula is C68H40N2. The van der Waals surface area contributed by atoms with E-state index in [1.54, 1.807) is 0 Å². The molecule has 0 amide bonds. The Morgan fingerprint density at radius 1 is 0.429 bits per heavy atom. The van der Waals surface area contributed by atoms with E-state index in [0.29, 0.717) is 0 Å². The third-order valence-corrected chi connectivity index (χ3v) is 16.2. The normalized spacial score (nSPS) is 13.1. The molecule has 14 aromatic carbocycles. The molecule has 1 heterocycles. The number of fused-ring (bicyclic) bond motifs is 15. The maximum Gasteiger partial charge on any atom is 0.0346 e. The molecule has 0 atom stereocenters. The van der Waals surface area contributed by atoms with Crippen LogP contribution < -0.4 is 0 Å². The van der Waals surface area contributed by atoms with Crippen LogP contribution in [0.25, 0.3) is 169 Å². The van der Waals surface area contributed by atoms with Crippen molar-refractivity contribution in [3.8, 4) is 44.5 Å². The van der Waals surface area contributed by atoms with Crippen molar-refractivity contribution in [2.24, 2.45) is 4.99 Å². The second-order valence-electron chi connectivity index (χ2n) is 19.4. The van der Waals surface area contributed by atoms with Crippen LogP contribution in [0.15, 0.2) is 200 Å². The number of nitrogens with zero attached hydrogens (tertiary/aromatic N) is 2. The Morgan fingerprint density at radius 3 is 1.69 bits per heavy atom. The van der Waals surface area contributed by atoms with Gasteiger partial charge in [-0.2, -0.15) is 0 Å². The smallest absolute Gasteiger partial charge is 0.0346 e. The number of aliphatic imine (C=N–C) groups is 1. The first-order valence-electron chi connectivity index (χ1n) is 24.3. The van der Waals surface area contributed by atoms with Crippen molar-refractivity contribution >= 4 is 130 Å². The monoisotopic (exact) mass is 884 g/mol. The van der Waals surface area contributed by atoms with Crippen molar-refractivity contribution in [2.45, 2.75) is 6.92 Å². The summed E-state index contributed by atoms with van der Waals surface area (Å²) in [4.78, 5) is 9.28. The molecule has 0 N–H and O–H groups in total. The SMILES string of the molecule is C=C/C=C(\C=NC)c1c2c(c(-c3cccnc3)c3ccccc13)-c1ccc3c4ccc5c6c(ccc(c7ccc-2c1c73)c46)c1c(-c2ccccc2C)c2cc3ccccc3c3c4ccccc4c(c51)c23. The second-order valence-corrected chi connectivity index (χ2v) is 19.4. The van der Waals surface area contributed by atoms with E-state index in [4.69, 9.17) is 0 Å². The number of benzene rings is 12. The molecule has 0 saturated heterocycles. The summed E-state index contributed by atoms with van der Waals surface area (Å²) >= 11 is 0. The first-order chi connectivity index (χ1) is 34.6. The number of rotatable bonds is 5. The molecule has 15 aromatic rings. The van der Waals surface area contributed by atoms with E-state index in [0.717, 1.165) is 11.1 Å². The first kappa shape index (κ1) is 38.0. The highest BCUT2D eigenvalue weighted by Crippen LogP contribution is 2.61. The van der Waals surface area contributed by atoms with Crippen LogP contribution >= 0.6 is 0 Å². The largest absolute Gasteiger partial charge is 0.296 e. The summed E-state index contributed by atoms with van der Waals surface area (Å²) in [6.07, 6.45) is 9.87. The molecule has 322 valence electrons. The summed E-state index contributed by atoms with van der Waals surface area (Å²) in [5.74, 6) is 0. The van der Waals surface area contributed by atoms with Gasteiger partial charge in [0.15, 0.2) is 0 Å². The zero-order chi connectivity index (χ0) is 46.1. The van der Waals surface area contributed by atoms with Gasteiger partial charge in [-0.1, -0.05) is 170 Å². The lowest BCUT2D eigenvalue weighted by molar-refractivity contribution is 1.33. The van der Waals surface area contributed by atoms with E-state index >= 15 is 0 Å². The zero-order valence-corrected chi connectivity index (χ0v) is 38.6. The van der Waals surface area contributed by atoms with Crippen LogP contribution in [0, 0.1) is 6.92 Å². The predicted octanol–water partition coefficient (Wildman–Crippen LogP) is 18.6. The average molecular weight is 885 g/mol. The Balaban J connectivity index is 1.09. The fourth-order valence-corrected chi connectivity index (χ4v) is 13.7. The molecule has 70 heavy (non-hydrogen) atoms. The van der Waals surface area contributed by atoms with E-state index in [2.05, 4.69) is 193 Å². The standard InChI is InChI=1S/C68H40N2/c1-4-14-38(34-69-3)55-42-20-9-10-21-43(42)56(39-17-13-32-70-35-39)65-51-29-25-47-49-27-31-53-62-52(30-26-48(60(49)62)46-24-28-50(64(55)65)61(51)59(46)47)66-57(40-18-7-5-15-36(40)2)54-33-37-16-6-8-19-41(37)58-44-22-11-12-23-45(44)63(67(53)66)68(54)58/h4-35H,1H2,2-3H3/b38-14+,69-34?. The highest BCUT2D eigenvalue weighted by atomic mass is 14.6. The highest BCUT2D eigenvalue weighted by Gasteiger charge is 2.34. The molecule has 0 fully saturated rings. The van der Waals surface area contributed by atoms with Gasteiger partial charge >= 0.3 is 0 Å². The molecular weight excluding hydrogens is 845 g/mol. The molecule has 2 heteroatoms. The Kier molecular flexibility index (Phi) is 7.39. The van der Waals surface area contributed by atoms with Gasteiger partial charge in [-0.05, 0) is 188 Å². The molecule has 1 aromatic heterocycles. The van der Waals surface area contributed by atoms with E-state index in [1.807, 2.05) is 31.7 Å². The number of aromatic nitrogens is 1. The van der Waals surface area contributed by atoms with Crippen molar-refractivity contribution in [3.05, 3.63) is 206 Å². The number of hydrogen-bond acceptors (Lipinski definition) is 2. The third-order valence-electron chi connectivity index (χ3n) is 16.2. The van der Waals surface area contributed by atoms with Gasteiger partial charge in [0.25, 0.3) is 0 Å². The molecule has 0 saturated carbocycles. The lowest BCUT2D eigenvalue weighted by Gasteiger charge is -2.20. The molecule has 0 bridgehead atoms. The average Bonchev–Trinajstić information content (AvgIpc) is 4.06. The quantitative estimate of drug-likeness (QED) is 0.0732. The Morgan fingerprint density at radius 2 is 0.971 bits per heavy atom. The van der Waals surface area contributed by atoms with Crippen LogP contribution in [0.5, 0.6) is 0 Å². The number of pyridine rings is 1. The molecule has 16 rings (SSSR count). The van der Waals surface area contributed by atoms with Crippen molar-refractivity contribution in [1.29, 1.82) is 0 Å². The summed E-state index contributed by atoms with van der Waals surface area (Å²) < 4.78 is 0. The van der Waals surface area contributed by atoms with Gasteiger partial charge in [-0.25, -0.2) is 0 Å². The lowest BCUT2D eigenvalue weighted by Crippen LogP contribution is -1.97. The van der Waals surface area contributed by atoms with E-state index in [9.17, 15) is 0 Å². The molecule has 1 aliphatic rings. The Hall–Kier alpha value is -8.98. The molecule has 0 unspecified atom stereocenters. The zero-order valence-electron chi connectivity index (χ0n) is 38.6. The van der Waals surface area contributed by atoms with E-state index in [1.165, 1.54) is 169 Å². The van der Waals surface area contributed by atoms with E-state index in [-0.39, 0.29) is 0 Å². The third kappa shape index (κ3) is 4.55. The maximum absolute atomic E-state index is 4.67. The number of aryl methyl sites for hydroxylation is 1. The Labute approximate surface area is 402 Å². The summed E-state index contributed by atoms with van der Waals surface area (Å²) in [5.41, 5.74) is 13.4. The van der Waals surface area contributed by atoms with Crippen LogP contribution in [-0.4, -0.2) is 18.2 Å². The van der Waals surface area contributed by atoms with Crippen molar-refractivity contribution in [1.82, 2.24) is 4.98 Å². The van der Waals surface area contributed by atoms with Gasteiger partial charge < -0.3 is 0 Å². The number of hydrogen-bond donors (Lipinski definition) is 0. The summed E-state index contributed by atoms with van der Waals surface area (Å²) in [5, 5.41) is 28.9. The predicted molar refractivity (Wildman–Crippen MR) is 303 cm³/mol. The van der Waals surface area contributed by atoms with Crippen LogP contribution in [0.2, 0.25) is 0 Å². The number of allylic oxidation sites excluding steroid dienone is 3. The summed E-state index contributed by atoms with van der Waals surface area (Å²) in [6.45, 7) is 6.44. The molecule has 0 spiro atoms. The second kappa shape index (κ2) is 13.6. The van der Waals surface area contributed by atoms with E-state index < -0.39 is 0 Å². The van der Waals surface area contributed by atoms with Crippen LogP contribution in [0.4, 0.5) is 0 Å². The molecule has 2 nitrogen and oxygen atoms in total. The first-order valence-corrected chi connectivity index (χ1v) is 24.3. The summed E-state index contributed by atoms with van der Waals surface area (Å²) in [7, 11) is 1.85. The van der Waals surface area contributed by atoms with Crippen LogP contribution in [-0.2, 0) is 0 Å². The molecule has 0 radical (unpaired) electrons. The van der Waals surface area contributed by atoms with Gasteiger partial charge in [-0.3, -0.25) is 9.98 Å². The fraction of sp³-hybridized carbons (Fsp3) is 0.0294. The van der Waals surface area contributed by atoms with Crippen molar-refractivity contribution in [2.75, 3.05) is 7.05 Å². The van der Waals surface area contributed by atoms with Gasteiger partial charge in [0.05, 0.1) is 0 Å². The minimum absolute atomic E-state index is 1.04. The lowest BCUT2D eigenvalue weighted by atomic mass is 9.83. The van der Waals surface area contributed by atoms with Gasteiger partial charge in [0.1, 0.15) is 0 Å². The Bertz CT molecular complexity index is 4880. The maximum atomic E-state index is 4.67. The fourth-order valence-electron chi connectivity index (χ4n) is 13.7. The van der Waals surface area contributed by atoms with Gasteiger partial charge in [0, 0.05) is 36.8 Å². The van der Waals surface area contributed by atoms with Crippen molar-refractivity contribution in [3.63, 3.8) is 0 Å². The topological polar surface area (TPSA) is 25.2 Å². The minimum Gasteiger partial charge on any atom is -0.296 e. The molecule has 0 aliphatic heterocycles. The minimum atomic E-state index is 1.04. The van der Waals surface area contributed by atoms with Gasteiger partial charge in [0.2, 0.25) is 0 Å². The van der Waals surface area contributed by atoms with Gasteiger partial charge in [-0.15, -0.1) is 0 Å². The highest BCUT2D eigenvalue weighted by molar-refractivity contribution is 6.53. The van der Waals surface area contributed by atoms with Crippen molar-refractivity contribution < 1.29 is 0 Å². The summed E-state index contributed by atoms with van der Waals surface area (Å²) in [6, 6.07) is 62.2.